The normalized spacial score (nSPS) is 10.3. The first-order valence-electron chi connectivity index (χ1n) is 8.60. The highest BCUT2D eigenvalue weighted by Gasteiger charge is 2.13. The van der Waals surface area contributed by atoms with Gasteiger partial charge in [-0.25, -0.2) is 0 Å². The Labute approximate surface area is 154 Å². The first-order chi connectivity index (χ1) is 12.5. The number of hydrogen-bond acceptors (Lipinski definition) is 4. The molecule has 0 spiro atoms. The van der Waals surface area contributed by atoms with E-state index in [2.05, 4.69) is 10.8 Å². The van der Waals surface area contributed by atoms with E-state index < -0.39 is 0 Å². The number of aryl methyl sites for hydroxylation is 1. The van der Waals surface area contributed by atoms with Gasteiger partial charge in [0.25, 0.3) is 5.91 Å². The Balaban J connectivity index is 1.92. The van der Waals surface area contributed by atoms with E-state index in [9.17, 15) is 9.59 Å². The number of carbonyl (C=O) groups excluding carboxylic acids is 2. The summed E-state index contributed by atoms with van der Waals surface area (Å²) in [4.78, 5) is 25.3. The first-order valence-corrected chi connectivity index (χ1v) is 8.60. The van der Waals surface area contributed by atoms with Gasteiger partial charge in [-0.3, -0.25) is 9.59 Å². The summed E-state index contributed by atoms with van der Waals surface area (Å²) in [6.07, 6.45) is 0.867. The molecular formula is C21H25NO4. The molecule has 0 unspecified atom stereocenters. The number of nitrogens with zero attached hydrogens (tertiary/aromatic N) is 1. The van der Waals surface area contributed by atoms with Crippen molar-refractivity contribution in [2.75, 3.05) is 20.7 Å². The second-order valence-corrected chi connectivity index (χ2v) is 6.21. The Hall–Kier alpha value is -2.82. The summed E-state index contributed by atoms with van der Waals surface area (Å²) in [5, 5.41) is 0. The highest BCUT2D eigenvalue weighted by atomic mass is 16.5. The summed E-state index contributed by atoms with van der Waals surface area (Å²) in [5.41, 5.74) is 2.83. The molecule has 0 saturated heterocycles. The molecule has 0 N–H and O–H groups in total. The fourth-order valence-corrected chi connectivity index (χ4v) is 2.57. The molecule has 0 aliphatic rings. The van der Waals surface area contributed by atoms with Crippen LogP contribution in [0.15, 0.2) is 48.5 Å². The number of hydrogen-bond donors (Lipinski definition) is 0. The van der Waals surface area contributed by atoms with Crippen LogP contribution < -0.4 is 4.74 Å². The van der Waals surface area contributed by atoms with Gasteiger partial charge >= 0.3 is 5.97 Å². The highest BCUT2D eigenvalue weighted by Crippen LogP contribution is 2.17. The van der Waals surface area contributed by atoms with Crippen molar-refractivity contribution in [1.29, 1.82) is 0 Å². The van der Waals surface area contributed by atoms with Crippen LogP contribution in [-0.2, 0) is 16.1 Å². The molecule has 0 saturated carbocycles. The average Bonchev–Trinajstić information content (AvgIpc) is 2.65. The third kappa shape index (κ3) is 5.92. The van der Waals surface area contributed by atoms with Crippen LogP contribution in [0.25, 0.3) is 0 Å². The van der Waals surface area contributed by atoms with E-state index in [1.807, 2.05) is 31.2 Å². The highest BCUT2D eigenvalue weighted by molar-refractivity contribution is 5.94. The number of ether oxygens (including phenoxy) is 2. The maximum Gasteiger partial charge on any atom is 0.305 e. The zero-order chi connectivity index (χ0) is 18.9. The average molecular weight is 355 g/mol. The molecule has 2 rings (SSSR count). The quantitative estimate of drug-likeness (QED) is 0.679. The van der Waals surface area contributed by atoms with Crippen molar-refractivity contribution in [3.63, 3.8) is 0 Å². The Kier molecular flexibility index (Phi) is 7.21. The van der Waals surface area contributed by atoms with Crippen molar-refractivity contribution in [1.82, 2.24) is 4.90 Å². The first kappa shape index (κ1) is 19.5. The van der Waals surface area contributed by atoms with Crippen LogP contribution in [0.5, 0.6) is 5.75 Å². The largest absolute Gasteiger partial charge is 0.489 e. The molecule has 5 nitrogen and oxygen atoms in total. The van der Waals surface area contributed by atoms with Crippen LogP contribution in [-0.4, -0.2) is 37.5 Å². The zero-order valence-electron chi connectivity index (χ0n) is 15.5. The van der Waals surface area contributed by atoms with E-state index in [0.29, 0.717) is 37.3 Å². The van der Waals surface area contributed by atoms with Gasteiger partial charge in [0.1, 0.15) is 12.4 Å². The van der Waals surface area contributed by atoms with Crippen molar-refractivity contribution in [3.05, 3.63) is 65.2 Å². The van der Waals surface area contributed by atoms with Gasteiger partial charge < -0.3 is 14.4 Å². The maximum absolute atomic E-state index is 12.5. The second-order valence-electron chi connectivity index (χ2n) is 6.21. The second kappa shape index (κ2) is 9.61. The van der Waals surface area contributed by atoms with Crippen LogP contribution in [0.4, 0.5) is 0 Å². The fourth-order valence-electron chi connectivity index (χ4n) is 2.57. The SMILES string of the molecule is COC(=O)CCCN(C)C(=O)c1cccc(OCc2cccc(C)c2)c1. The molecule has 0 aliphatic heterocycles. The monoisotopic (exact) mass is 355 g/mol. The van der Waals surface area contributed by atoms with E-state index in [0.717, 1.165) is 5.56 Å². The predicted octanol–water partition coefficient (Wildman–Crippen LogP) is 3.60. The van der Waals surface area contributed by atoms with Crippen LogP contribution >= 0.6 is 0 Å². The maximum atomic E-state index is 12.5. The molecule has 1 amide bonds. The molecule has 0 atom stereocenters. The lowest BCUT2D eigenvalue weighted by atomic mass is 10.1. The fraction of sp³-hybridized carbons (Fsp3) is 0.333. The van der Waals surface area contributed by atoms with Crippen LogP contribution in [0.2, 0.25) is 0 Å². The summed E-state index contributed by atoms with van der Waals surface area (Å²) in [6.45, 7) is 2.98. The lowest BCUT2D eigenvalue weighted by molar-refractivity contribution is -0.140. The number of benzene rings is 2. The van der Waals surface area contributed by atoms with E-state index in [-0.39, 0.29) is 11.9 Å². The van der Waals surface area contributed by atoms with E-state index in [4.69, 9.17) is 4.74 Å². The topological polar surface area (TPSA) is 55.8 Å². The van der Waals surface area contributed by atoms with Gasteiger partial charge in [-0.15, -0.1) is 0 Å². The lowest BCUT2D eigenvalue weighted by Gasteiger charge is -2.17. The molecule has 26 heavy (non-hydrogen) atoms. The van der Waals surface area contributed by atoms with Crippen LogP contribution in [0, 0.1) is 6.92 Å². The molecule has 0 radical (unpaired) electrons. The molecule has 0 aliphatic carbocycles. The number of amides is 1. The lowest BCUT2D eigenvalue weighted by Crippen LogP contribution is -2.28. The molecule has 0 fully saturated rings. The van der Waals surface area contributed by atoms with Crippen molar-refractivity contribution in [3.8, 4) is 5.75 Å². The summed E-state index contributed by atoms with van der Waals surface area (Å²) in [5.74, 6) is 0.286. The van der Waals surface area contributed by atoms with Gasteiger partial charge in [-0.2, -0.15) is 0 Å². The van der Waals surface area contributed by atoms with Crippen molar-refractivity contribution in [2.45, 2.75) is 26.4 Å². The van der Waals surface area contributed by atoms with Gasteiger partial charge in [-0.05, 0) is 37.1 Å². The Morgan fingerprint density at radius 2 is 1.85 bits per heavy atom. The zero-order valence-corrected chi connectivity index (χ0v) is 15.5. The minimum Gasteiger partial charge on any atom is -0.489 e. The molecule has 5 heteroatoms. The summed E-state index contributed by atoms with van der Waals surface area (Å²) >= 11 is 0. The van der Waals surface area contributed by atoms with Gasteiger partial charge in [0.05, 0.1) is 7.11 Å². The van der Waals surface area contributed by atoms with E-state index in [1.54, 1.807) is 30.1 Å². The van der Waals surface area contributed by atoms with Crippen molar-refractivity contribution in [2.24, 2.45) is 0 Å². The van der Waals surface area contributed by atoms with Gasteiger partial charge in [0, 0.05) is 25.6 Å². The molecule has 0 aromatic heterocycles. The Morgan fingerprint density at radius 1 is 1.08 bits per heavy atom. The molecule has 2 aromatic rings. The third-order valence-electron chi connectivity index (χ3n) is 4.02. The smallest absolute Gasteiger partial charge is 0.305 e. The molecular weight excluding hydrogens is 330 g/mol. The van der Waals surface area contributed by atoms with E-state index in [1.165, 1.54) is 12.7 Å². The number of carbonyl (C=O) groups is 2. The van der Waals surface area contributed by atoms with Crippen LogP contribution in [0.3, 0.4) is 0 Å². The molecule has 0 heterocycles. The molecule has 0 bridgehead atoms. The summed E-state index contributed by atoms with van der Waals surface area (Å²) in [7, 11) is 3.08. The number of esters is 1. The summed E-state index contributed by atoms with van der Waals surface area (Å²) < 4.78 is 10.4. The van der Waals surface area contributed by atoms with Crippen molar-refractivity contribution >= 4 is 11.9 Å². The van der Waals surface area contributed by atoms with Gasteiger partial charge in [0.15, 0.2) is 0 Å². The minimum absolute atomic E-state index is 0.101. The van der Waals surface area contributed by atoms with E-state index >= 15 is 0 Å². The Morgan fingerprint density at radius 3 is 2.58 bits per heavy atom. The minimum atomic E-state index is -0.266. The summed E-state index contributed by atoms with van der Waals surface area (Å²) in [6, 6.07) is 15.3. The van der Waals surface area contributed by atoms with Crippen LogP contribution in [0.1, 0.15) is 34.3 Å². The standard InChI is InChI=1S/C21H25NO4/c1-16-7-4-8-17(13-16)15-26-19-10-5-9-18(14-19)21(24)22(2)12-6-11-20(23)25-3/h4-5,7-10,13-14H,6,11-12,15H2,1-3H3. The number of rotatable bonds is 8. The molecule has 2 aromatic carbocycles. The molecule has 138 valence electrons. The van der Waals surface area contributed by atoms with Crippen molar-refractivity contribution < 1.29 is 19.1 Å². The third-order valence-corrected chi connectivity index (χ3v) is 4.02. The van der Waals surface area contributed by atoms with Gasteiger partial charge in [-0.1, -0.05) is 35.9 Å². The Bertz CT molecular complexity index is 757. The predicted molar refractivity (Wildman–Crippen MR) is 100 cm³/mol. The number of methoxy groups -OCH3 is 1. The van der Waals surface area contributed by atoms with Gasteiger partial charge in [0.2, 0.25) is 0 Å².